The number of carbonyl (C=O) groups excluding carboxylic acids is 1. The topological polar surface area (TPSA) is 75.6 Å². The van der Waals surface area contributed by atoms with Crippen LogP contribution in [0.3, 0.4) is 0 Å². The average Bonchev–Trinajstić information content (AvgIpc) is 2.74. The Morgan fingerprint density at radius 2 is 1.93 bits per heavy atom. The third-order valence-corrected chi connectivity index (χ3v) is 5.09. The predicted octanol–water partition coefficient (Wildman–Crippen LogP) is 2.67. The molecule has 2 aromatic rings. The summed E-state index contributed by atoms with van der Waals surface area (Å²) >= 11 is 0. The van der Waals surface area contributed by atoms with Crippen LogP contribution in [0.15, 0.2) is 55.2 Å². The fourth-order valence-electron chi connectivity index (χ4n) is 3.57. The van der Waals surface area contributed by atoms with E-state index in [1.165, 1.54) is 6.26 Å². The molecule has 138 valence electrons. The number of rotatable bonds is 4. The predicted molar refractivity (Wildman–Crippen MR) is 103 cm³/mol. The quantitative estimate of drug-likeness (QED) is 0.842. The molecule has 0 spiro atoms. The van der Waals surface area contributed by atoms with Crippen LogP contribution >= 0.6 is 0 Å². The van der Waals surface area contributed by atoms with Crippen molar-refractivity contribution in [2.24, 2.45) is 5.92 Å². The summed E-state index contributed by atoms with van der Waals surface area (Å²) in [7, 11) is 0. The van der Waals surface area contributed by atoms with Gasteiger partial charge in [0, 0.05) is 37.1 Å². The highest BCUT2D eigenvalue weighted by atomic mass is 16.6. The molecule has 6 nitrogen and oxygen atoms in total. The van der Waals surface area contributed by atoms with E-state index < -0.39 is 6.29 Å². The number of aliphatic hydroxyl groups is 1. The minimum absolute atomic E-state index is 0.189. The molecule has 1 atom stereocenters. The van der Waals surface area contributed by atoms with Crippen molar-refractivity contribution >= 4 is 23.1 Å². The van der Waals surface area contributed by atoms with Gasteiger partial charge in [0.05, 0.1) is 23.7 Å². The monoisotopic (exact) mass is 363 g/mol. The van der Waals surface area contributed by atoms with E-state index in [2.05, 4.69) is 27.0 Å². The van der Waals surface area contributed by atoms with Crippen molar-refractivity contribution in [1.29, 1.82) is 0 Å². The molecule has 2 aliphatic rings. The Balaban J connectivity index is 1.62. The van der Waals surface area contributed by atoms with Gasteiger partial charge in [0.25, 0.3) is 0 Å². The second-order valence-corrected chi connectivity index (χ2v) is 6.72. The van der Waals surface area contributed by atoms with E-state index >= 15 is 0 Å². The number of aldehydes is 1. The van der Waals surface area contributed by atoms with Gasteiger partial charge in [-0.05, 0) is 42.2 Å². The van der Waals surface area contributed by atoms with Crippen LogP contribution in [0.4, 0.5) is 5.69 Å². The van der Waals surface area contributed by atoms with Crippen molar-refractivity contribution in [3.63, 3.8) is 0 Å². The molecule has 3 heterocycles. The van der Waals surface area contributed by atoms with Gasteiger partial charge in [0.15, 0.2) is 0 Å². The van der Waals surface area contributed by atoms with Crippen LogP contribution in [0.1, 0.15) is 24.1 Å². The number of nitrogens with zero attached hydrogens (tertiary/aromatic N) is 3. The van der Waals surface area contributed by atoms with Crippen LogP contribution in [0.5, 0.6) is 0 Å². The number of hydrogen-bond acceptors (Lipinski definition) is 6. The standard InChI is InChI=1S/C21H21N3O3/c25-14-15-5-10-24(11-6-15)17-3-1-16(2-4-17)18-7-12-27-21(26)20(18)19-13-22-8-9-23-19/h1-4,7-9,12-15,21,26H,5-6,10-11H2. The fraction of sp³-hybridized carbons (Fsp3) is 0.286. The summed E-state index contributed by atoms with van der Waals surface area (Å²) in [5.74, 6) is 0.189. The second-order valence-electron chi connectivity index (χ2n) is 6.72. The summed E-state index contributed by atoms with van der Waals surface area (Å²) in [5, 5.41) is 10.3. The van der Waals surface area contributed by atoms with Gasteiger partial charge in [-0.15, -0.1) is 0 Å². The van der Waals surface area contributed by atoms with Crippen molar-refractivity contribution in [3.05, 3.63) is 66.5 Å². The molecule has 1 saturated heterocycles. The van der Waals surface area contributed by atoms with Crippen molar-refractivity contribution in [1.82, 2.24) is 9.97 Å². The SMILES string of the molecule is O=CC1CCN(c2ccc(C3=C(c4cnccn4)C(O)OC=C3)cc2)CC1. The maximum atomic E-state index is 10.9. The summed E-state index contributed by atoms with van der Waals surface area (Å²) < 4.78 is 5.25. The van der Waals surface area contributed by atoms with E-state index in [9.17, 15) is 9.90 Å². The molecule has 1 N–H and O–H groups in total. The minimum atomic E-state index is -1.08. The van der Waals surface area contributed by atoms with Gasteiger partial charge in [-0.3, -0.25) is 9.97 Å². The fourth-order valence-corrected chi connectivity index (χ4v) is 3.57. The Kier molecular flexibility index (Phi) is 4.98. The zero-order valence-electron chi connectivity index (χ0n) is 14.9. The van der Waals surface area contributed by atoms with Crippen LogP contribution in [-0.4, -0.2) is 40.7 Å². The molecule has 0 radical (unpaired) electrons. The lowest BCUT2D eigenvalue weighted by Gasteiger charge is -2.31. The van der Waals surface area contributed by atoms with Crippen LogP contribution in [0, 0.1) is 5.92 Å². The zero-order chi connectivity index (χ0) is 18.6. The first kappa shape index (κ1) is 17.4. The number of allylic oxidation sites excluding steroid dienone is 2. The highest BCUT2D eigenvalue weighted by Crippen LogP contribution is 2.33. The van der Waals surface area contributed by atoms with Crippen molar-refractivity contribution in [2.75, 3.05) is 18.0 Å². The van der Waals surface area contributed by atoms with Crippen molar-refractivity contribution in [2.45, 2.75) is 19.1 Å². The number of benzene rings is 1. The van der Waals surface area contributed by atoms with E-state index in [-0.39, 0.29) is 5.92 Å². The molecular weight excluding hydrogens is 342 g/mol. The first-order chi connectivity index (χ1) is 13.3. The van der Waals surface area contributed by atoms with Crippen LogP contribution in [0.25, 0.3) is 11.1 Å². The van der Waals surface area contributed by atoms with Gasteiger partial charge in [0.2, 0.25) is 6.29 Å². The molecule has 1 unspecified atom stereocenters. The van der Waals surface area contributed by atoms with E-state index in [0.717, 1.165) is 49.0 Å². The average molecular weight is 363 g/mol. The molecule has 1 fully saturated rings. The van der Waals surface area contributed by atoms with Gasteiger partial charge in [-0.1, -0.05) is 12.1 Å². The van der Waals surface area contributed by atoms with E-state index in [1.54, 1.807) is 18.6 Å². The number of aromatic nitrogens is 2. The molecule has 0 saturated carbocycles. The van der Waals surface area contributed by atoms with E-state index in [4.69, 9.17) is 4.74 Å². The Bertz CT molecular complexity index is 854. The van der Waals surface area contributed by atoms with Crippen LogP contribution in [0.2, 0.25) is 0 Å². The largest absolute Gasteiger partial charge is 0.468 e. The molecule has 2 aliphatic heterocycles. The lowest BCUT2D eigenvalue weighted by molar-refractivity contribution is -0.111. The molecule has 0 amide bonds. The third kappa shape index (κ3) is 3.61. The van der Waals surface area contributed by atoms with E-state index in [0.29, 0.717) is 11.3 Å². The Hall–Kier alpha value is -2.99. The van der Waals surface area contributed by atoms with Gasteiger partial charge < -0.3 is 19.5 Å². The summed E-state index contributed by atoms with van der Waals surface area (Å²) in [6.45, 7) is 1.78. The Morgan fingerprint density at radius 3 is 2.59 bits per heavy atom. The molecular formula is C21H21N3O3. The number of anilines is 1. The van der Waals surface area contributed by atoms with Crippen molar-refractivity contribution < 1.29 is 14.6 Å². The summed E-state index contributed by atoms with van der Waals surface area (Å²) in [6.07, 6.45) is 9.94. The molecule has 6 heteroatoms. The number of piperidine rings is 1. The number of carbonyl (C=O) groups is 1. The van der Waals surface area contributed by atoms with Crippen LogP contribution < -0.4 is 4.90 Å². The summed E-state index contributed by atoms with van der Waals surface area (Å²) in [6, 6.07) is 8.23. The van der Waals surface area contributed by atoms with Crippen LogP contribution in [-0.2, 0) is 9.53 Å². The maximum Gasteiger partial charge on any atom is 0.226 e. The molecule has 0 bridgehead atoms. The maximum absolute atomic E-state index is 10.9. The second kappa shape index (κ2) is 7.72. The van der Waals surface area contributed by atoms with Crippen molar-refractivity contribution in [3.8, 4) is 0 Å². The van der Waals surface area contributed by atoms with Gasteiger partial charge in [-0.25, -0.2) is 0 Å². The van der Waals surface area contributed by atoms with Gasteiger partial charge in [-0.2, -0.15) is 0 Å². The zero-order valence-corrected chi connectivity index (χ0v) is 14.9. The molecule has 1 aromatic heterocycles. The van der Waals surface area contributed by atoms with Gasteiger partial charge >= 0.3 is 0 Å². The summed E-state index contributed by atoms with van der Waals surface area (Å²) in [4.78, 5) is 21.6. The first-order valence-corrected chi connectivity index (χ1v) is 9.07. The molecule has 27 heavy (non-hydrogen) atoms. The lowest BCUT2D eigenvalue weighted by Crippen LogP contribution is -2.34. The minimum Gasteiger partial charge on any atom is -0.468 e. The third-order valence-electron chi connectivity index (χ3n) is 5.09. The summed E-state index contributed by atoms with van der Waals surface area (Å²) in [5.41, 5.74) is 4.16. The number of ether oxygens (including phenoxy) is 1. The Morgan fingerprint density at radius 1 is 1.15 bits per heavy atom. The molecule has 4 rings (SSSR count). The normalized spacial score (nSPS) is 20.5. The number of hydrogen-bond donors (Lipinski definition) is 1. The Labute approximate surface area is 157 Å². The highest BCUT2D eigenvalue weighted by molar-refractivity contribution is 5.96. The first-order valence-electron chi connectivity index (χ1n) is 9.07. The smallest absolute Gasteiger partial charge is 0.226 e. The molecule has 0 aliphatic carbocycles. The molecule has 1 aromatic carbocycles. The lowest BCUT2D eigenvalue weighted by atomic mass is 9.95. The van der Waals surface area contributed by atoms with E-state index in [1.807, 2.05) is 18.2 Å². The van der Waals surface area contributed by atoms with Gasteiger partial charge in [0.1, 0.15) is 6.29 Å². The number of aliphatic hydroxyl groups excluding tert-OH is 1. The highest BCUT2D eigenvalue weighted by Gasteiger charge is 2.23.